The van der Waals surface area contributed by atoms with Crippen LogP contribution in [0.15, 0.2) is 0 Å². The van der Waals surface area contributed by atoms with Crippen LogP contribution in [0, 0.1) is 41.4 Å². The number of hydrogen-bond donors (Lipinski definition) is 4. The second-order valence-corrected chi connectivity index (χ2v) is 36.8. The Morgan fingerprint density at radius 3 is 1.50 bits per heavy atom. The highest BCUT2D eigenvalue weighted by Crippen LogP contribution is 2.48. The number of amides is 3. The van der Waals surface area contributed by atoms with Gasteiger partial charge in [-0.25, -0.2) is 67.8 Å². The maximum Gasteiger partial charge on any atom is 0.315 e. The summed E-state index contributed by atoms with van der Waals surface area (Å²) in [5.41, 5.74) is -2.58. The number of thioether (sulfide) groups is 1. The summed E-state index contributed by atoms with van der Waals surface area (Å²) in [5, 5.41) is 115. The number of unbranched alkanes of at least 4 members (excludes halogenated alkanes) is 1. The molecule has 9 fully saturated rings. The quantitative estimate of drug-likeness (QED) is 0.0110. The molecule has 0 bridgehead atoms. The zero-order valence-electron chi connectivity index (χ0n) is 69.7. The lowest BCUT2D eigenvalue weighted by Gasteiger charge is -2.54. The fourth-order valence-corrected chi connectivity index (χ4v) is 20.6. The van der Waals surface area contributed by atoms with Crippen molar-refractivity contribution < 1.29 is 255 Å². The first-order chi connectivity index (χ1) is 60.1. The molecule has 62 heteroatoms. The molecule has 0 radical (unpaired) electrons. The van der Waals surface area contributed by atoms with Crippen molar-refractivity contribution in [3.63, 3.8) is 0 Å². The Labute approximate surface area is 731 Å². The maximum absolute atomic E-state index is 14.1. The van der Waals surface area contributed by atoms with Gasteiger partial charge in [0.25, 0.3) is 0 Å². The van der Waals surface area contributed by atoms with Crippen molar-refractivity contribution in [1.82, 2.24) is 16.0 Å². The molecular weight excluding hydrogens is 1850 g/mol. The maximum atomic E-state index is 14.1. The van der Waals surface area contributed by atoms with Gasteiger partial charge in [0.2, 0.25) is 47.5 Å². The van der Waals surface area contributed by atoms with Gasteiger partial charge in [-0.2, -0.15) is 11.8 Å². The van der Waals surface area contributed by atoms with E-state index in [-0.39, 0.29) is 85.3 Å². The third-order valence-electron chi connectivity index (χ3n) is 23.9. The monoisotopic (exact) mass is 1950 g/mol. The Morgan fingerprint density at radius 1 is 0.472 bits per heavy atom. The van der Waals surface area contributed by atoms with Crippen molar-refractivity contribution in [1.29, 1.82) is 0 Å². The molecule has 0 aromatic heterocycles. The molecule has 3 amide bonds. The van der Waals surface area contributed by atoms with Gasteiger partial charge in [-0.05, 0) is 32.1 Å². The molecule has 17 unspecified atom stereocenters. The third kappa shape index (κ3) is 28.0. The van der Waals surface area contributed by atoms with Gasteiger partial charge in [0.05, 0.1) is 100 Å². The summed E-state index contributed by atoms with van der Waals surface area (Å²) < 4.78 is 273. The van der Waals surface area contributed by atoms with Gasteiger partial charge < -0.3 is 151 Å². The Kier molecular flexibility index (Phi) is 41.4. The van der Waals surface area contributed by atoms with Crippen molar-refractivity contribution in [3.05, 3.63) is 0 Å². The Morgan fingerprint density at radius 2 is 0.937 bits per heavy atom. The smallest absolute Gasteiger partial charge is 0.315 e. The van der Waals surface area contributed by atoms with Crippen LogP contribution in [0.25, 0.3) is 0 Å². The number of ether oxygens (including phenoxy) is 17. The minimum atomic E-state index is -6.40. The van der Waals surface area contributed by atoms with E-state index < -0.39 is 251 Å². The van der Waals surface area contributed by atoms with E-state index in [4.69, 9.17) is 99.4 Å². The highest BCUT2D eigenvalue weighted by Gasteiger charge is 2.65. The molecule has 0 spiro atoms. The fourth-order valence-electron chi connectivity index (χ4n) is 17.7. The lowest BCUT2D eigenvalue weighted by atomic mass is 9.75. The number of hydrogen-bond acceptors (Lipinski definition) is 55. The van der Waals surface area contributed by atoms with Gasteiger partial charge in [0.15, 0.2) is 68.1 Å². The van der Waals surface area contributed by atoms with E-state index in [1.54, 1.807) is 40.0 Å². The Bertz CT molecular complexity index is 3830. The molecule has 1 saturated carbocycles. The van der Waals surface area contributed by atoms with E-state index in [1.165, 1.54) is 28.3 Å². The van der Waals surface area contributed by atoms with Gasteiger partial charge in [-0.1, -0.05) is 41.0 Å². The third-order valence-corrected chi connectivity index (χ3v) is 27.2. The normalized spacial score (nSPS) is 41.2. The predicted molar refractivity (Wildman–Crippen MR) is 377 cm³/mol. The van der Waals surface area contributed by atoms with Crippen LogP contribution in [0.3, 0.4) is 0 Å². The number of nitrogens with one attached hydrogen (secondary N) is 3. The summed E-state index contributed by atoms with van der Waals surface area (Å²) in [6.45, 7) is 4.02. The summed E-state index contributed by atoms with van der Waals surface area (Å²) >= 11 is 1.62. The molecule has 0 aromatic carbocycles. The molecule has 4 N–H and O–H groups in total. The van der Waals surface area contributed by atoms with Crippen LogP contribution in [0.5, 0.6) is 0 Å². The number of carbonyl (C=O) groups excluding carboxylic acids is 2. The van der Waals surface area contributed by atoms with Gasteiger partial charge in [-0.15, -0.1) is 0 Å². The average Bonchev–Trinajstić information content (AvgIpc) is 1.18. The molecule has 8 aliphatic heterocycles. The standard InChI is InChI=1S/C65H113N3O54S5/c1-26-27(2)59(105-44-28(3)45(94-11)33(93-10)17-31(44)19-90-7)102-36(20-91-8)46(26)107-61-48(95-12)29(4)47(37(103-61)21-92-9)106-60-30(5)65(6,71)58(34(100-60)18-66-41(69)16-14-13-15-40-43-32(25-123-40)67-64(70)68-43)109-63-57(116-127(87,88)89)53(112-119-74)49(38(104-63)23-97-125(81,82)83)108-62-56(115-122-77)52(111-118-73)42(35(101-62)22-96-124(78,79)80)51-55(114-121-76)54(113-120-75)50(110-117-72)39(99-51)24-98-126(84,85)86/h26-40,42-63,71-77H,13-25H2,1-12H3,(H,66,69)(H2,67,68,70)(H,78,79,80)(H,81,82,83)(H,84,85,86)(H,87,88,89)/p-10/t26?,27?,28?,29-,30?,31+,32?,33-,34?,35+,36+,37?,38+,39+,40?,42-,43?,44-,45?,46-,47+,48?,49+,50+,51-,52?,53?,54?,55?,56?,57?,58-,59+,60-,61-,62+,63+,65-/m0/s1. The first kappa shape index (κ1) is 108. The number of methoxy groups -OCH3 is 6. The zero-order valence-corrected chi connectivity index (χ0v) is 73.8. The SMILES string of the molecule is COCC1O[C@@H](O[C@H]2C(C)C(C)[C@@H](O[C@H]3C(C)C(OC)[C@@H](OC)C[C@@H]3COC)O[C@@H]2COC)C(OC)[C@@H](C)[C@H]1O[C@@H]1OC(CNC(=O)CCCCC2SCC3NC(=O)NC32)[C@H](O[C@H]2O[C@H](COS(=O)(=O)[O-])[C@@H](O[C@H]3O[C@H](COS(=O)(=O)[O-])[C@@H]([C@@H]4O[C@H](COS(=O)(=O)[O-])[C@@H](OO[O-])C(OO[O-])C4OO[O-])C(OO[O-])C3OO[O-])C(OO[O-])C2OS(=O)(=O)[O-])[C@@](C)(O)C1C. The molecule has 8 heterocycles. The van der Waals surface area contributed by atoms with E-state index in [1.807, 2.05) is 20.8 Å². The van der Waals surface area contributed by atoms with Crippen molar-refractivity contribution in [3.8, 4) is 0 Å². The van der Waals surface area contributed by atoms with E-state index in [0.29, 0.717) is 31.6 Å². The molecule has 0 aromatic rings. The average molecular weight is 1950 g/mol. The first-order valence-electron chi connectivity index (χ1n) is 39.2. The van der Waals surface area contributed by atoms with Gasteiger partial charge in [-0.3, -0.25) is 51.8 Å². The Hall–Kier alpha value is -2.87. The highest BCUT2D eigenvalue weighted by atomic mass is 32.3. The molecule has 8 saturated heterocycles. The topological polar surface area (TPSA) is 762 Å². The number of rotatable bonds is 50. The fraction of sp³-hybridized carbons (Fsp3) is 0.969. The molecule has 9 aliphatic rings. The van der Waals surface area contributed by atoms with Crippen LogP contribution in [0.4, 0.5) is 4.79 Å². The molecule has 38 atom stereocenters. The molecule has 127 heavy (non-hydrogen) atoms. The van der Waals surface area contributed by atoms with E-state index >= 15 is 0 Å². The summed E-state index contributed by atoms with van der Waals surface area (Å²) in [6.07, 6.45) is -51.4. The van der Waals surface area contributed by atoms with Crippen LogP contribution in [-0.4, -0.2) is 352 Å². The lowest BCUT2D eigenvalue weighted by molar-refractivity contribution is -0.834. The predicted octanol–water partition coefficient (Wildman–Crippen LogP) is -10.5. The molecule has 57 nitrogen and oxygen atoms in total. The minimum absolute atomic E-state index is 0.00749. The van der Waals surface area contributed by atoms with Crippen molar-refractivity contribution in [2.45, 2.75) is 262 Å². The van der Waals surface area contributed by atoms with Gasteiger partial charge in [0.1, 0.15) is 54.9 Å². The number of aliphatic hydroxyl groups is 1. The summed E-state index contributed by atoms with van der Waals surface area (Å²) in [4.78, 5) is 54.4. The first-order valence-corrected chi connectivity index (χ1v) is 45.6. The molecular formula is C65H103N3O54S5-10. The second-order valence-electron chi connectivity index (χ2n) is 31.4. The van der Waals surface area contributed by atoms with Crippen molar-refractivity contribution in [2.75, 3.05) is 94.6 Å². The molecule has 9 rings (SSSR count). The summed E-state index contributed by atoms with van der Waals surface area (Å²) in [6, 6.07) is -0.630. The van der Waals surface area contributed by atoms with Crippen molar-refractivity contribution >= 4 is 65.3 Å². The van der Waals surface area contributed by atoms with E-state index in [9.17, 15) is 98.1 Å². The van der Waals surface area contributed by atoms with Gasteiger partial charge >= 0.3 is 6.03 Å². The summed E-state index contributed by atoms with van der Waals surface area (Å²) in [7, 11) is -15.4. The Balaban J connectivity index is 1.05. The van der Waals surface area contributed by atoms with Gasteiger partial charge in [0, 0.05) is 102 Å². The van der Waals surface area contributed by atoms with E-state index in [0.717, 1.165) is 6.92 Å². The van der Waals surface area contributed by atoms with Crippen LogP contribution in [0.1, 0.15) is 73.6 Å². The number of urea groups is 1. The van der Waals surface area contributed by atoms with Crippen molar-refractivity contribution in [2.24, 2.45) is 41.4 Å². The van der Waals surface area contributed by atoms with Crippen LogP contribution < -0.4 is 47.5 Å². The largest absolute Gasteiger partial charge is 0.726 e. The van der Waals surface area contributed by atoms with Crippen LogP contribution in [-0.2, 0) is 203 Å². The highest BCUT2D eigenvalue weighted by molar-refractivity contribution is 8.00. The zero-order chi connectivity index (χ0) is 93.4. The summed E-state index contributed by atoms with van der Waals surface area (Å²) in [5.74, 6) is -6.02. The van der Waals surface area contributed by atoms with E-state index in [2.05, 4.69) is 73.4 Å². The minimum Gasteiger partial charge on any atom is -0.726 e. The lowest BCUT2D eigenvalue weighted by Crippen LogP contribution is -2.71. The van der Waals surface area contributed by atoms with Crippen LogP contribution >= 0.6 is 11.8 Å². The number of carbonyl (C=O) groups is 2. The molecule has 1 aliphatic carbocycles. The van der Waals surface area contributed by atoms with Crippen LogP contribution in [0.2, 0.25) is 0 Å². The number of fused-ring (bicyclic) bond motifs is 1. The second kappa shape index (κ2) is 48.7. The molecule has 742 valence electrons.